The van der Waals surface area contributed by atoms with Crippen LogP contribution in [-0.2, 0) is 0 Å². The molecule has 0 aromatic heterocycles. The van der Waals surface area contributed by atoms with Crippen molar-refractivity contribution in [3.05, 3.63) is 71.8 Å². The van der Waals surface area contributed by atoms with Crippen LogP contribution in [0.1, 0.15) is 15.9 Å². The monoisotopic (exact) mass is 334 g/mol. The molecule has 0 atom stereocenters. The topological polar surface area (TPSA) is 55.8 Å². The number of hydrogen-bond acceptors (Lipinski definition) is 4. The minimum absolute atomic E-state index is 0.0272. The minimum Gasteiger partial charge on any atom is -0.507 e. The van der Waals surface area contributed by atoms with Crippen LogP contribution in [0.2, 0.25) is 0 Å². The molecule has 0 aliphatic heterocycles. The summed E-state index contributed by atoms with van der Waals surface area (Å²) >= 11 is 0. The van der Waals surface area contributed by atoms with Gasteiger partial charge in [0.05, 0.1) is 19.8 Å². The van der Waals surface area contributed by atoms with Gasteiger partial charge in [0, 0.05) is 0 Å². The van der Waals surface area contributed by atoms with Crippen molar-refractivity contribution in [1.82, 2.24) is 0 Å². The summed E-state index contributed by atoms with van der Waals surface area (Å²) in [6, 6.07) is 16.2. The van der Waals surface area contributed by atoms with Gasteiger partial charge in [-0.25, -0.2) is 0 Å². The van der Waals surface area contributed by atoms with Gasteiger partial charge in [0.25, 0.3) is 0 Å². The fraction of sp³-hybridized carbons (Fsp3) is 0.0952. The molecule has 4 nitrogen and oxygen atoms in total. The van der Waals surface area contributed by atoms with Crippen LogP contribution >= 0.6 is 0 Å². The molecule has 0 aliphatic carbocycles. The van der Waals surface area contributed by atoms with Gasteiger partial charge in [0.2, 0.25) is 0 Å². The van der Waals surface area contributed by atoms with Gasteiger partial charge in [-0.1, -0.05) is 42.5 Å². The lowest BCUT2D eigenvalue weighted by atomic mass is 9.99. The van der Waals surface area contributed by atoms with E-state index in [9.17, 15) is 9.90 Å². The molecule has 0 radical (unpaired) electrons. The van der Waals surface area contributed by atoms with Crippen molar-refractivity contribution >= 4 is 22.6 Å². The van der Waals surface area contributed by atoms with Gasteiger partial charge in [0.15, 0.2) is 17.3 Å². The predicted octanol–water partition coefficient (Wildman–Crippen LogP) is 4.46. The Hall–Kier alpha value is -3.27. The number of allylic oxidation sites excluding steroid dienone is 1. The van der Waals surface area contributed by atoms with Crippen LogP contribution in [-0.4, -0.2) is 25.1 Å². The molecule has 3 aromatic carbocycles. The van der Waals surface area contributed by atoms with E-state index >= 15 is 0 Å². The minimum atomic E-state index is -0.260. The Morgan fingerprint density at radius 1 is 0.960 bits per heavy atom. The van der Waals surface area contributed by atoms with Gasteiger partial charge in [-0.3, -0.25) is 4.79 Å². The van der Waals surface area contributed by atoms with Crippen LogP contribution in [0, 0.1) is 0 Å². The molecule has 0 aliphatic rings. The first kappa shape index (κ1) is 16.6. The number of phenols is 1. The van der Waals surface area contributed by atoms with Crippen molar-refractivity contribution in [2.24, 2.45) is 0 Å². The summed E-state index contributed by atoms with van der Waals surface area (Å²) in [6.07, 6.45) is 3.13. The SMILES string of the molecule is COc1ccc(/C=C/C(=O)c2c(O)ccc3ccccc23)cc1OC. The molecular weight excluding hydrogens is 316 g/mol. The van der Waals surface area contributed by atoms with Crippen molar-refractivity contribution in [2.45, 2.75) is 0 Å². The van der Waals surface area contributed by atoms with E-state index in [1.54, 1.807) is 44.6 Å². The number of ketones is 1. The van der Waals surface area contributed by atoms with E-state index in [0.717, 1.165) is 16.3 Å². The fourth-order valence-corrected chi connectivity index (χ4v) is 2.73. The molecule has 0 bridgehead atoms. The predicted molar refractivity (Wildman–Crippen MR) is 98.5 cm³/mol. The third-order valence-corrected chi connectivity index (χ3v) is 3.99. The highest BCUT2D eigenvalue weighted by atomic mass is 16.5. The summed E-state index contributed by atoms with van der Waals surface area (Å²) in [5, 5.41) is 11.8. The zero-order valence-corrected chi connectivity index (χ0v) is 14.0. The highest BCUT2D eigenvalue weighted by Crippen LogP contribution is 2.30. The molecule has 0 heterocycles. The normalized spacial score (nSPS) is 11.0. The molecule has 1 N–H and O–H groups in total. The highest BCUT2D eigenvalue weighted by Gasteiger charge is 2.12. The number of ether oxygens (including phenoxy) is 2. The van der Waals surface area contributed by atoms with Crippen LogP contribution in [0.3, 0.4) is 0 Å². The molecule has 126 valence electrons. The average Bonchev–Trinajstić information content (AvgIpc) is 2.65. The van der Waals surface area contributed by atoms with E-state index in [-0.39, 0.29) is 11.5 Å². The summed E-state index contributed by atoms with van der Waals surface area (Å²) in [6.45, 7) is 0. The smallest absolute Gasteiger partial charge is 0.190 e. The summed E-state index contributed by atoms with van der Waals surface area (Å²) in [5.74, 6) is 0.924. The second kappa shape index (κ2) is 7.09. The van der Waals surface area contributed by atoms with Gasteiger partial charge in [-0.2, -0.15) is 0 Å². The molecule has 3 aromatic rings. The standard InChI is InChI=1S/C21H18O4/c1-24-19-12-8-14(13-20(19)25-2)7-10-17(22)21-16-6-4-3-5-15(16)9-11-18(21)23/h3-13,23H,1-2H3/b10-7+. The maximum atomic E-state index is 12.6. The first-order valence-corrected chi connectivity index (χ1v) is 7.79. The van der Waals surface area contributed by atoms with E-state index < -0.39 is 0 Å². The second-order valence-corrected chi connectivity index (χ2v) is 5.49. The molecule has 4 heteroatoms. The number of methoxy groups -OCH3 is 2. The largest absolute Gasteiger partial charge is 0.507 e. The molecule has 0 saturated carbocycles. The molecular formula is C21H18O4. The van der Waals surface area contributed by atoms with Crippen molar-refractivity contribution in [3.63, 3.8) is 0 Å². The number of benzene rings is 3. The van der Waals surface area contributed by atoms with Crippen LogP contribution in [0.15, 0.2) is 60.7 Å². The number of rotatable bonds is 5. The molecule has 0 fully saturated rings. The van der Waals surface area contributed by atoms with Crippen molar-refractivity contribution in [1.29, 1.82) is 0 Å². The van der Waals surface area contributed by atoms with Crippen molar-refractivity contribution in [3.8, 4) is 17.2 Å². The molecule has 25 heavy (non-hydrogen) atoms. The summed E-state index contributed by atoms with van der Waals surface area (Å²) in [5.41, 5.74) is 1.10. The third kappa shape index (κ3) is 3.33. The molecule has 0 saturated heterocycles. The van der Waals surface area contributed by atoms with Crippen molar-refractivity contribution in [2.75, 3.05) is 14.2 Å². The highest BCUT2D eigenvalue weighted by molar-refractivity contribution is 6.16. The van der Waals surface area contributed by atoms with Crippen LogP contribution in [0.25, 0.3) is 16.8 Å². The Kier molecular flexibility index (Phi) is 4.70. The van der Waals surface area contributed by atoms with Gasteiger partial charge in [-0.05, 0) is 40.6 Å². The van der Waals surface area contributed by atoms with E-state index in [1.165, 1.54) is 6.08 Å². The Balaban J connectivity index is 1.95. The Labute approximate surface area is 145 Å². The quantitative estimate of drug-likeness (QED) is 0.553. The van der Waals surface area contributed by atoms with Gasteiger partial charge in [0.1, 0.15) is 5.75 Å². The first-order chi connectivity index (χ1) is 12.1. The van der Waals surface area contributed by atoms with Crippen LogP contribution in [0.4, 0.5) is 0 Å². The summed E-state index contributed by atoms with van der Waals surface area (Å²) in [7, 11) is 3.13. The van der Waals surface area contributed by atoms with E-state index in [0.29, 0.717) is 17.1 Å². The van der Waals surface area contributed by atoms with Gasteiger partial charge < -0.3 is 14.6 Å². The fourth-order valence-electron chi connectivity index (χ4n) is 2.73. The lowest BCUT2D eigenvalue weighted by Gasteiger charge is -2.08. The van der Waals surface area contributed by atoms with Crippen LogP contribution < -0.4 is 9.47 Å². The Bertz CT molecular complexity index is 957. The van der Waals surface area contributed by atoms with Gasteiger partial charge >= 0.3 is 0 Å². The Morgan fingerprint density at radius 3 is 2.48 bits per heavy atom. The zero-order chi connectivity index (χ0) is 17.8. The zero-order valence-electron chi connectivity index (χ0n) is 14.0. The van der Waals surface area contributed by atoms with Crippen molar-refractivity contribution < 1.29 is 19.4 Å². The molecule has 0 amide bonds. The summed E-state index contributed by atoms with van der Waals surface area (Å²) < 4.78 is 10.5. The van der Waals surface area contributed by atoms with E-state index in [4.69, 9.17) is 9.47 Å². The van der Waals surface area contributed by atoms with E-state index in [1.807, 2.05) is 30.3 Å². The van der Waals surface area contributed by atoms with Gasteiger partial charge in [-0.15, -0.1) is 0 Å². The number of hydrogen-bond donors (Lipinski definition) is 1. The Morgan fingerprint density at radius 2 is 1.72 bits per heavy atom. The molecule has 0 unspecified atom stereocenters. The molecule has 3 rings (SSSR count). The second-order valence-electron chi connectivity index (χ2n) is 5.49. The third-order valence-electron chi connectivity index (χ3n) is 3.99. The number of fused-ring (bicyclic) bond motifs is 1. The first-order valence-electron chi connectivity index (χ1n) is 7.79. The van der Waals surface area contributed by atoms with E-state index in [2.05, 4.69) is 0 Å². The molecule has 0 spiro atoms. The lowest BCUT2D eigenvalue weighted by molar-refractivity contribution is 0.104. The summed E-state index contributed by atoms with van der Waals surface area (Å²) in [4.78, 5) is 12.6. The maximum absolute atomic E-state index is 12.6. The number of carbonyl (C=O) groups excluding carboxylic acids is 1. The average molecular weight is 334 g/mol. The van der Waals surface area contributed by atoms with Crippen LogP contribution in [0.5, 0.6) is 17.2 Å². The number of phenolic OH excluding ortho intramolecular Hbond substituents is 1. The number of aromatic hydroxyl groups is 1. The number of carbonyl (C=O) groups is 1. The maximum Gasteiger partial charge on any atom is 0.190 e. The lowest BCUT2D eigenvalue weighted by Crippen LogP contribution is -1.97.